The van der Waals surface area contributed by atoms with Gasteiger partial charge in [0.1, 0.15) is 5.82 Å². The minimum Gasteiger partial charge on any atom is -0.475 e. The molecule has 8 nitrogen and oxygen atoms in total. The SMILES string of the molecule is CCN(Cc1cccc(F)c1)C(=O)COC(=O)COc1ccccc1[N+](=O)[O-]. The van der Waals surface area contributed by atoms with Crippen LogP contribution in [0.3, 0.4) is 0 Å². The van der Waals surface area contributed by atoms with Crippen LogP contribution in [0.15, 0.2) is 48.5 Å². The largest absolute Gasteiger partial charge is 0.475 e. The Morgan fingerprint density at radius 1 is 1.14 bits per heavy atom. The molecule has 2 aromatic rings. The maximum atomic E-state index is 13.3. The summed E-state index contributed by atoms with van der Waals surface area (Å²) in [5.74, 6) is -1.77. The molecule has 0 atom stereocenters. The van der Waals surface area contributed by atoms with Crippen molar-refractivity contribution in [2.45, 2.75) is 13.5 Å². The Morgan fingerprint density at radius 2 is 1.89 bits per heavy atom. The van der Waals surface area contributed by atoms with Gasteiger partial charge >= 0.3 is 11.7 Å². The Labute approximate surface area is 160 Å². The smallest absolute Gasteiger partial charge is 0.344 e. The molecule has 148 valence electrons. The molecule has 0 unspecified atom stereocenters. The second kappa shape index (κ2) is 10.0. The number of carbonyl (C=O) groups is 2. The number of nitro benzene ring substituents is 1. The lowest BCUT2D eigenvalue weighted by Gasteiger charge is -2.21. The molecule has 0 saturated heterocycles. The van der Waals surface area contributed by atoms with Crippen LogP contribution >= 0.6 is 0 Å². The van der Waals surface area contributed by atoms with Crippen molar-refractivity contribution in [1.29, 1.82) is 0 Å². The van der Waals surface area contributed by atoms with E-state index in [0.717, 1.165) is 0 Å². The molecule has 2 rings (SSSR count). The van der Waals surface area contributed by atoms with Gasteiger partial charge in [-0.1, -0.05) is 24.3 Å². The van der Waals surface area contributed by atoms with Gasteiger partial charge in [-0.3, -0.25) is 14.9 Å². The summed E-state index contributed by atoms with van der Waals surface area (Å²) in [7, 11) is 0. The van der Waals surface area contributed by atoms with Gasteiger partial charge in [0.2, 0.25) is 0 Å². The van der Waals surface area contributed by atoms with E-state index >= 15 is 0 Å². The lowest BCUT2D eigenvalue weighted by atomic mass is 10.2. The van der Waals surface area contributed by atoms with Crippen molar-refractivity contribution in [3.63, 3.8) is 0 Å². The predicted octanol–water partition coefficient (Wildman–Crippen LogP) is 2.70. The molecule has 0 aliphatic carbocycles. The van der Waals surface area contributed by atoms with Crippen LogP contribution in [0.25, 0.3) is 0 Å². The van der Waals surface area contributed by atoms with Gasteiger partial charge in [0, 0.05) is 19.2 Å². The first-order valence-corrected chi connectivity index (χ1v) is 8.44. The van der Waals surface area contributed by atoms with Crippen LogP contribution in [0.1, 0.15) is 12.5 Å². The van der Waals surface area contributed by atoms with Crippen molar-refractivity contribution >= 4 is 17.6 Å². The molecule has 28 heavy (non-hydrogen) atoms. The first-order valence-electron chi connectivity index (χ1n) is 8.44. The highest BCUT2D eigenvalue weighted by Gasteiger charge is 2.18. The van der Waals surface area contributed by atoms with Gasteiger partial charge in [0.05, 0.1) is 4.92 Å². The van der Waals surface area contributed by atoms with Crippen LogP contribution in [-0.4, -0.2) is 41.5 Å². The highest BCUT2D eigenvalue weighted by molar-refractivity contribution is 5.81. The summed E-state index contributed by atoms with van der Waals surface area (Å²) in [6, 6.07) is 11.5. The summed E-state index contributed by atoms with van der Waals surface area (Å²) >= 11 is 0. The molecule has 9 heteroatoms. The number of likely N-dealkylation sites (N-methyl/N-ethyl adjacent to an activating group) is 1. The molecule has 0 fully saturated rings. The topological polar surface area (TPSA) is 99.0 Å². The van der Waals surface area contributed by atoms with Gasteiger partial charge < -0.3 is 14.4 Å². The Bertz CT molecular complexity index is 858. The second-order valence-corrected chi connectivity index (χ2v) is 5.71. The molecule has 0 aliphatic heterocycles. The maximum absolute atomic E-state index is 13.3. The Balaban J connectivity index is 1.84. The zero-order valence-electron chi connectivity index (χ0n) is 15.2. The predicted molar refractivity (Wildman–Crippen MR) is 97.0 cm³/mol. The number of benzene rings is 2. The minimum atomic E-state index is -0.840. The summed E-state index contributed by atoms with van der Waals surface area (Å²) < 4.78 is 23.2. The first-order chi connectivity index (χ1) is 13.4. The van der Waals surface area contributed by atoms with Gasteiger partial charge in [-0.15, -0.1) is 0 Å². The summed E-state index contributed by atoms with van der Waals surface area (Å²) in [6.07, 6.45) is 0. The monoisotopic (exact) mass is 390 g/mol. The van der Waals surface area contributed by atoms with Crippen LogP contribution in [-0.2, 0) is 20.9 Å². The summed E-state index contributed by atoms with van der Waals surface area (Å²) in [5.41, 5.74) is 0.333. The van der Waals surface area contributed by atoms with Crippen molar-refractivity contribution in [1.82, 2.24) is 4.90 Å². The number of nitro groups is 1. The summed E-state index contributed by atoms with van der Waals surface area (Å²) in [5, 5.41) is 10.9. The average molecular weight is 390 g/mol. The van der Waals surface area contributed by atoms with Crippen LogP contribution < -0.4 is 4.74 Å². The normalized spacial score (nSPS) is 10.2. The Morgan fingerprint density at radius 3 is 2.57 bits per heavy atom. The van der Waals surface area contributed by atoms with E-state index in [1.54, 1.807) is 19.1 Å². The van der Waals surface area contributed by atoms with Crippen molar-refractivity contribution < 1.29 is 28.4 Å². The van der Waals surface area contributed by atoms with E-state index in [1.807, 2.05) is 0 Å². The fraction of sp³-hybridized carbons (Fsp3) is 0.263. The summed E-state index contributed by atoms with van der Waals surface area (Å²) in [4.78, 5) is 35.7. The third kappa shape index (κ3) is 6.04. The molecule has 0 spiro atoms. The van der Waals surface area contributed by atoms with Gasteiger partial charge in [-0.05, 0) is 30.7 Å². The molecule has 0 N–H and O–H groups in total. The van der Waals surface area contributed by atoms with Crippen molar-refractivity contribution in [3.05, 3.63) is 70.0 Å². The van der Waals surface area contributed by atoms with Crippen LogP contribution in [0, 0.1) is 15.9 Å². The van der Waals surface area contributed by atoms with Gasteiger partial charge in [0.15, 0.2) is 19.0 Å². The lowest BCUT2D eigenvalue weighted by Crippen LogP contribution is -2.34. The zero-order chi connectivity index (χ0) is 20.5. The fourth-order valence-electron chi connectivity index (χ4n) is 2.37. The quantitative estimate of drug-likeness (QED) is 0.371. The number of halogens is 1. The third-order valence-corrected chi connectivity index (χ3v) is 3.76. The molecule has 0 bridgehead atoms. The van der Waals surface area contributed by atoms with Crippen LogP contribution in [0.2, 0.25) is 0 Å². The molecule has 0 aromatic heterocycles. The highest BCUT2D eigenvalue weighted by Crippen LogP contribution is 2.25. The van der Waals surface area contributed by atoms with Gasteiger partial charge in [-0.2, -0.15) is 0 Å². The minimum absolute atomic E-state index is 0.0722. The van der Waals surface area contributed by atoms with Crippen molar-refractivity contribution in [3.8, 4) is 5.75 Å². The lowest BCUT2D eigenvalue weighted by molar-refractivity contribution is -0.385. The number of nitrogens with zero attached hydrogens (tertiary/aromatic N) is 2. The van der Waals surface area contributed by atoms with E-state index in [9.17, 15) is 24.1 Å². The van der Waals surface area contributed by atoms with E-state index in [2.05, 4.69) is 0 Å². The van der Waals surface area contributed by atoms with Gasteiger partial charge in [-0.25, -0.2) is 9.18 Å². The Hall–Kier alpha value is -3.49. The number of hydrogen-bond donors (Lipinski definition) is 0. The van der Waals surface area contributed by atoms with E-state index < -0.39 is 35.8 Å². The number of ether oxygens (including phenoxy) is 2. The number of rotatable bonds is 9. The third-order valence-electron chi connectivity index (χ3n) is 3.76. The molecule has 1 amide bonds. The van der Waals surface area contributed by atoms with E-state index in [4.69, 9.17) is 9.47 Å². The second-order valence-electron chi connectivity index (χ2n) is 5.71. The number of hydrogen-bond acceptors (Lipinski definition) is 6. The van der Waals surface area contributed by atoms with E-state index in [1.165, 1.54) is 41.3 Å². The molecule has 0 radical (unpaired) electrons. The number of esters is 1. The van der Waals surface area contributed by atoms with Crippen molar-refractivity contribution in [2.75, 3.05) is 19.8 Å². The van der Waals surface area contributed by atoms with E-state index in [-0.39, 0.29) is 18.0 Å². The Kier molecular flexibility index (Phi) is 7.44. The molecule has 2 aromatic carbocycles. The molecule has 0 saturated carbocycles. The molecule has 0 aliphatic rings. The number of para-hydroxylation sites is 2. The fourth-order valence-corrected chi connectivity index (χ4v) is 2.37. The standard InChI is InChI=1S/C19H19FN2O6/c1-2-21(11-14-6-5-7-15(20)10-14)18(23)12-28-19(24)13-27-17-9-4-3-8-16(17)22(25)26/h3-10H,2,11-13H2,1H3. The number of amides is 1. The molecular formula is C19H19FN2O6. The zero-order valence-corrected chi connectivity index (χ0v) is 15.2. The first kappa shape index (κ1) is 20.8. The van der Waals surface area contributed by atoms with E-state index in [0.29, 0.717) is 12.1 Å². The van der Waals surface area contributed by atoms with Crippen LogP contribution in [0.4, 0.5) is 10.1 Å². The number of carbonyl (C=O) groups excluding carboxylic acids is 2. The molecular weight excluding hydrogens is 371 g/mol. The highest BCUT2D eigenvalue weighted by atomic mass is 19.1. The molecule has 0 heterocycles. The van der Waals surface area contributed by atoms with Crippen molar-refractivity contribution in [2.24, 2.45) is 0 Å². The summed E-state index contributed by atoms with van der Waals surface area (Å²) in [6.45, 7) is 1.18. The average Bonchev–Trinajstić information content (AvgIpc) is 2.68. The van der Waals surface area contributed by atoms with Gasteiger partial charge in [0.25, 0.3) is 5.91 Å². The maximum Gasteiger partial charge on any atom is 0.344 e. The van der Waals surface area contributed by atoms with Crippen LogP contribution in [0.5, 0.6) is 5.75 Å².